The van der Waals surface area contributed by atoms with E-state index in [0.29, 0.717) is 16.7 Å². The van der Waals surface area contributed by atoms with Crippen LogP contribution in [0.3, 0.4) is 0 Å². The Morgan fingerprint density at radius 1 is 0.694 bits per heavy atom. The summed E-state index contributed by atoms with van der Waals surface area (Å²) in [6.45, 7) is 0. The van der Waals surface area contributed by atoms with Gasteiger partial charge in [-0.3, -0.25) is 0 Å². The van der Waals surface area contributed by atoms with Crippen molar-refractivity contribution in [1.29, 1.82) is 0 Å². The maximum Gasteiger partial charge on any atom is 0.573 e. The van der Waals surface area contributed by atoms with Crippen molar-refractivity contribution in [3.8, 4) is 11.5 Å². The van der Waals surface area contributed by atoms with Crippen LogP contribution < -0.4 is 9.47 Å². The molecule has 1 aromatic heterocycles. The van der Waals surface area contributed by atoms with Crippen molar-refractivity contribution in [2.75, 3.05) is 0 Å². The van der Waals surface area contributed by atoms with Crippen molar-refractivity contribution in [2.24, 2.45) is 0 Å². The fourth-order valence-corrected chi connectivity index (χ4v) is 6.81. The first-order valence-electron chi connectivity index (χ1n) is 9.39. The van der Waals surface area contributed by atoms with E-state index < -0.39 is 12.7 Å². The molecule has 0 unspecified atom stereocenters. The third-order valence-electron chi connectivity index (χ3n) is 3.52. The molecule has 0 saturated heterocycles. The highest BCUT2D eigenvalue weighted by Gasteiger charge is 2.31. The van der Waals surface area contributed by atoms with Gasteiger partial charge in [-0.1, -0.05) is 57.5 Å². The quantitative estimate of drug-likeness (QED) is 0.0784. The van der Waals surface area contributed by atoms with Gasteiger partial charge in [0.2, 0.25) is 0 Å². The lowest BCUT2D eigenvalue weighted by atomic mass is 10.2. The number of nitrogens with zero attached hydrogens (tertiary/aromatic N) is 2. The SMILES string of the molecule is FC(F)(F)Oc1ccc(CSSS)cc1.FC(F)(F)Oc1ccc(CSSSc2ncccn2)cc1. The molecule has 196 valence electrons. The van der Waals surface area contributed by atoms with Crippen molar-refractivity contribution >= 4 is 63.7 Å². The normalized spacial score (nSPS) is 11.4. The van der Waals surface area contributed by atoms with Crippen LogP contribution in [0.15, 0.2) is 72.1 Å². The smallest absolute Gasteiger partial charge is 0.406 e. The topological polar surface area (TPSA) is 44.2 Å². The second-order valence-corrected chi connectivity index (χ2v) is 13.4. The van der Waals surface area contributed by atoms with Crippen LogP contribution in [0.4, 0.5) is 26.3 Å². The number of hydrogen-bond donors (Lipinski definition) is 1. The summed E-state index contributed by atoms with van der Waals surface area (Å²) in [5.74, 6) is 0.947. The highest BCUT2D eigenvalue weighted by molar-refractivity contribution is 9.09. The molecule has 1 heterocycles. The number of ether oxygens (including phenoxy) is 2. The molecule has 0 N–H and O–H groups in total. The molecule has 3 rings (SSSR count). The van der Waals surface area contributed by atoms with Gasteiger partial charge in [0.15, 0.2) is 5.16 Å². The highest BCUT2D eigenvalue weighted by atomic mass is 33.5. The van der Waals surface area contributed by atoms with E-state index in [1.54, 1.807) is 53.5 Å². The molecule has 0 fully saturated rings. The summed E-state index contributed by atoms with van der Waals surface area (Å²) in [5, 5.41) is 0.670. The van der Waals surface area contributed by atoms with E-state index in [4.69, 9.17) is 0 Å². The minimum Gasteiger partial charge on any atom is -0.406 e. The van der Waals surface area contributed by atoms with Gasteiger partial charge in [0, 0.05) is 23.9 Å². The minimum atomic E-state index is -4.65. The van der Waals surface area contributed by atoms with Crippen molar-refractivity contribution in [2.45, 2.75) is 29.4 Å². The summed E-state index contributed by atoms with van der Waals surface area (Å²) in [6.07, 6.45) is -5.95. The Morgan fingerprint density at radius 3 is 1.56 bits per heavy atom. The van der Waals surface area contributed by atoms with Crippen LogP contribution in [0.1, 0.15) is 11.1 Å². The molecule has 2 aromatic carbocycles. The van der Waals surface area contributed by atoms with Crippen molar-refractivity contribution < 1.29 is 35.8 Å². The van der Waals surface area contributed by atoms with Crippen molar-refractivity contribution in [1.82, 2.24) is 9.97 Å². The third kappa shape index (κ3) is 14.5. The van der Waals surface area contributed by atoms with Crippen LogP contribution in [-0.2, 0) is 11.5 Å². The Labute approximate surface area is 227 Å². The number of hydrogen-bond acceptors (Lipinski definition) is 10. The maximum atomic E-state index is 12.0. The molecule has 0 aliphatic heterocycles. The van der Waals surface area contributed by atoms with Crippen LogP contribution in [0.2, 0.25) is 0 Å². The van der Waals surface area contributed by atoms with Gasteiger partial charge in [0.1, 0.15) is 11.5 Å². The number of alkyl halides is 6. The molecule has 0 atom stereocenters. The Morgan fingerprint density at radius 2 is 1.14 bits per heavy atom. The van der Waals surface area contributed by atoms with E-state index in [-0.39, 0.29) is 11.5 Å². The lowest BCUT2D eigenvalue weighted by molar-refractivity contribution is -0.275. The second kappa shape index (κ2) is 15.9. The van der Waals surface area contributed by atoms with Crippen LogP contribution in [0.25, 0.3) is 0 Å². The molecular weight excluding hydrogens is 607 g/mol. The first-order chi connectivity index (χ1) is 17.0. The van der Waals surface area contributed by atoms with Crippen LogP contribution in [-0.4, -0.2) is 22.7 Å². The van der Waals surface area contributed by atoms with Crippen LogP contribution in [0, 0.1) is 0 Å². The Kier molecular flexibility index (Phi) is 13.7. The molecule has 36 heavy (non-hydrogen) atoms. The van der Waals surface area contributed by atoms with E-state index in [1.807, 2.05) is 0 Å². The number of thiol groups is 1. The third-order valence-corrected chi connectivity index (χ3v) is 9.44. The summed E-state index contributed by atoms with van der Waals surface area (Å²) >= 11 is 3.93. The number of rotatable bonds is 10. The van der Waals surface area contributed by atoms with Gasteiger partial charge < -0.3 is 9.47 Å². The predicted octanol–water partition coefficient (Wildman–Crippen LogP) is 9.28. The monoisotopic (exact) mass is 622 g/mol. The van der Waals surface area contributed by atoms with Gasteiger partial charge in [0.05, 0.1) is 0 Å². The van der Waals surface area contributed by atoms with E-state index in [2.05, 4.69) is 31.1 Å². The van der Waals surface area contributed by atoms with Gasteiger partial charge in [-0.25, -0.2) is 9.97 Å². The molecule has 0 bridgehead atoms. The largest absolute Gasteiger partial charge is 0.573 e. The molecule has 0 radical (unpaired) electrons. The van der Waals surface area contributed by atoms with Gasteiger partial charge >= 0.3 is 12.7 Å². The molecular formula is C20H16F6N2O2S6. The fraction of sp³-hybridized carbons (Fsp3) is 0.200. The molecule has 0 saturated carbocycles. The highest BCUT2D eigenvalue weighted by Crippen LogP contribution is 2.40. The van der Waals surface area contributed by atoms with Crippen molar-refractivity contribution in [3.05, 3.63) is 78.1 Å². The number of halogens is 6. The maximum absolute atomic E-state index is 12.0. The van der Waals surface area contributed by atoms with E-state index in [0.717, 1.165) is 11.1 Å². The van der Waals surface area contributed by atoms with E-state index >= 15 is 0 Å². The summed E-state index contributed by atoms with van der Waals surface area (Å²) in [5.41, 5.74) is 1.84. The molecule has 0 spiro atoms. The average Bonchev–Trinajstić information content (AvgIpc) is 2.82. The van der Waals surface area contributed by atoms with Crippen LogP contribution >= 0.6 is 63.7 Å². The molecule has 16 heteroatoms. The molecule has 0 aliphatic rings. The Bertz CT molecular complexity index is 1010. The summed E-state index contributed by atoms with van der Waals surface area (Å²) in [6, 6.07) is 13.4. The zero-order valence-electron chi connectivity index (χ0n) is 17.7. The predicted molar refractivity (Wildman–Crippen MR) is 141 cm³/mol. The zero-order chi connectivity index (χ0) is 26.4. The molecule has 0 aliphatic carbocycles. The first kappa shape index (κ1) is 31.0. The average molecular weight is 623 g/mol. The van der Waals surface area contributed by atoms with E-state index in [9.17, 15) is 26.3 Å². The van der Waals surface area contributed by atoms with Gasteiger partial charge in [-0.2, -0.15) is 0 Å². The van der Waals surface area contributed by atoms with Crippen molar-refractivity contribution in [3.63, 3.8) is 0 Å². The number of benzene rings is 2. The Hall–Kier alpha value is -1.20. The molecule has 4 nitrogen and oxygen atoms in total. The minimum absolute atomic E-state index is 0.199. The standard InChI is InChI=1S/C12H9F3N2OS3.C8H7F3OS3/c13-12(14,15)18-10-4-2-9(3-5-10)8-19-21-20-11-16-6-1-7-17-11;9-8(10,11)12-7-3-1-6(2-4-7)5-14-15-13/h1-7H,8H2;1-4,13H,5H2. The second-order valence-electron chi connectivity index (χ2n) is 6.17. The fourth-order valence-electron chi connectivity index (χ4n) is 2.14. The van der Waals surface area contributed by atoms with Gasteiger partial charge in [-0.15, -0.1) is 26.3 Å². The lowest BCUT2D eigenvalue weighted by Crippen LogP contribution is -2.17. The lowest BCUT2D eigenvalue weighted by Gasteiger charge is -2.09. The van der Waals surface area contributed by atoms with E-state index in [1.165, 1.54) is 65.5 Å². The molecule has 0 amide bonds. The summed E-state index contributed by atoms with van der Waals surface area (Å²) in [4.78, 5) is 8.13. The first-order valence-corrected chi connectivity index (χ1v) is 16.4. The molecule has 3 aromatic rings. The Balaban J connectivity index is 0.000000269. The summed E-state index contributed by atoms with van der Waals surface area (Å²) in [7, 11) is 7.31. The number of aromatic nitrogens is 2. The van der Waals surface area contributed by atoms with Gasteiger partial charge in [0.25, 0.3) is 0 Å². The zero-order valence-corrected chi connectivity index (χ0v) is 22.7. The van der Waals surface area contributed by atoms with Crippen LogP contribution in [0.5, 0.6) is 11.5 Å². The van der Waals surface area contributed by atoms with Gasteiger partial charge in [-0.05, 0) is 71.9 Å². The summed E-state index contributed by atoms with van der Waals surface area (Å²) < 4.78 is 79.0.